The largest absolute Gasteiger partial charge is 0.266 e. The molecule has 0 bridgehead atoms. The third kappa shape index (κ3) is 2.77. The molecular weight excluding hydrogens is 317 g/mol. The van der Waals surface area contributed by atoms with Gasteiger partial charge in [-0.25, -0.2) is 8.42 Å². The maximum Gasteiger partial charge on any atom is 0.264 e. The summed E-state index contributed by atoms with van der Waals surface area (Å²) in [7, 11) is -2.26. The first-order valence-electron chi connectivity index (χ1n) is 5.83. The van der Waals surface area contributed by atoms with Crippen molar-refractivity contribution in [1.29, 1.82) is 0 Å². The van der Waals surface area contributed by atoms with Crippen LogP contribution in [0.4, 0.5) is 5.69 Å². The standard InChI is InChI=1S/C14H13Cl2NO2S/c1-10-6-8-11(9-7-10)20(18,19)17(2)14-12(15)4-3-5-13(14)16/h3-9H,1-2H3. The molecule has 0 fully saturated rings. The molecule has 0 unspecified atom stereocenters. The van der Waals surface area contributed by atoms with Crippen molar-refractivity contribution in [3.63, 3.8) is 0 Å². The van der Waals surface area contributed by atoms with Crippen LogP contribution in [-0.4, -0.2) is 15.5 Å². The van der Waals surface area contributed by atoms with Crippen molar-refractivity contribution in [2.75, 3.05) is 11.4 Å². The molecule has 0 saturated heterocycles. The second kappa shape index (κ2) is 5.64. The molecule has 0 atom stereocenters. The smallest absolute Gasteiger partial charge is 0.264 e. The summed E-state index contributed by atoms with van der Waals surface area (Å²) < 4.78 is 26.2. The van der Waals surface area contributed by atoms with Gasteiger partial charge >= 0.3 is 0 Å². The van der Waals surface area contributed by atoms with Crippen LogP contribution in [0, 0.1) is 6.92 Å². The number of hydrogen-bond acceptors (Lipinski definition) is 2. The van der Waals surface area contributed by atoms with Gasteiger partial charge in [0.1, 0.15) is 0 Å². The first-order chi connectivity index (χ1) is 9.34. The minimum atomic E-state index is -3.69. The Morgan fingerprint density at radius 2 is 1.45 bits per heavy atom. The Hall–Kier alpha value is -1.23. The highest BCUT2D eigenvalue weighted by atomic mass is 35.5. The van der Waals surface area contributed by atoms with Gasteiger partial charge in [0.25, 0.3) is 10.0 Å². The van der Waals surface area contributed by atoms with Crippen molar-refractivity contribution in [2.45, 2.75) is 11.8 Å². The fraction of sp³-hybridized carbons (Fsp3) is 0.143. The van der Waals surface area contributed by atoms with Gasteiger partial charge in [-0.15, -0.1) is 0 Å². The molecule has 0 aliphatic carbocycles. The van der Waals surface area contributed by atoms with Crippen molar-refractivity contribution in [2.24, 2.45) is 0 Å². The Morgan fingerprint density at radius 1 is 0.950 bits per heavy atom. The fourth-order valence-corrected chi connectivity index (χ4v) is 3.76. The molecule has 0 N–H and O–H groups in total. The molecule has 20 heavy (non-hydrogen) atoms. The van der Waals surface area contributed by atoms with E-state index >= 15 is 0 Å². The quantitative estimate of drug-likeness (QED) is 0.849. The number of anilines is 1. The lowest BCUT2D eigenvalue weighted by molar-refractivity contribution is 0.594. The normalized spacial score (nSPS) is 11.4. The summed E-state index contributed by atoms with van der Waals surface area (Å²) in [6, 6.07) is 11.5. The minimum Gasteiger partial charge on any atom is -0.266 e. The molecule has 6 heteroatoms. The van der Waals surface area contributed by atoms with Gasteiger partial charge in [-0.2, -0.15) is 0 Å². The average Bonchev–Trinajstić information content (AvgIpc) is 2.38. The highest BCUT2D eigenvalue weighted by molar-refractivity contribution is 7.92. The Morgan fingerprint density at radius 3 is 1.95 bits per heavy atom. The van der Waals surface area contributed by atoms with Gasteiger partial charge in [-0.1, -0.05) is 47.0 Å². The number of aryl methyl sites for hydroxylation is 1. The predicted octanol–water partition coefficient (Wildman–Crippen LogP) is 4.13. The van der Waals surface area contributed by atoms with Crippen LogP contribution in [0.3, 0.4) is 0 Å². The summed E-state index contributed by atoms with van der Waals surface area (Å²) in [5.41, 5.74) is 1.26. The van der Waals surface area contributed by atoms with Gasteiger partial charge in [0.2, 0.25) is 0 Å². The number of halogens is 2. The molecule has 2 aromatic rings. The maximum absolute atomic E-state index is 12.6. The fourth-order valence-electron chi connectivity index (χ4n) is 1.78. The number of nitrogens with zero attached hydrogens (tertiary/aromatic N) is 1. The summed E-state index contributed by atoms with van der Waals surface area (Å²) in [6.07, 6.45) is 0. The number of sulfonamides is 1. The Kier molecular flexibility index (Phi) is 4.28. The molecular formula is C14H13Cl2NO2S. The van der Waals surface area contributed by atoms with Gasteiger partial charge in [-0.05, 0) is 31.2 Å². The maximum atomic E-state index is 12.6. The van der Waals surface area contributed by atoms with Crippen molar-refractivity contribution < 1.29 is 8.42 Å². The van der Waals surface area contributed by atoms with E-state index in [-0.39, 0.29) is 20.6 Å². The van der Waals surface area contributed by atoms with E-state index < -0.39 is 10.0 Å². The van der Waals surface area contributed by atoms with E-state index in [0.717, 1.165) is 9.87 Å². The van der Waals surface area contributed by atoms with Gasteiger partial charge in [0.05, 0.1) is 20.6 Å². The topological polar surface area (TPSA) is 37.4 Å². The van der Waals surface area contributed by atoms with Crippen molar-refractivity contribution in [1.82, 2.24) is 0 Å². The van der Waals surface area contributed by atoms with Crippen LogP contribution in [0.5, 0.6) is 0 Å². The first kappa shape index (κ1) is 15.2. The molecule has 0 amide bonds. The van der Waals surface area contributed by atoms with Crippen LogP contribution >= 0.6 is 23.2 Å². The SMILES string of the molecule is Cc1ccc(S(=O)(=O)N(C)c2c(Cl)cccc2Cl)cc1. The molecule has 2 aromatic carbocycles. The number of para-hydroxylation sites is 1. The van der Waals surface area contributed by atoms with Crippen molar-refractivity contribution in [3.05, 3.63) is 58.1 Å². The third-order valence-electron chi connectivity index (χ3n) is 2.93. The van der Waals surface area contributed by atoms with Crippen LogP contribution in [-0.2, 0) is 10.0 Å². The van der Waals surface area contributed by atoms with E-state index in [2.05, 4.69) is 0 Å². The summed E-state index contributed by atoms with van der Waals surface area (Å²) in [5.74, 6) is 0. The molecule has 0 saturated carbocycles. The van der Waals surface area contributed by atoms with E-state index in [9.17, 15) is 8.42 Å². The second-order valence-corrected chi connectivity index (χ2v) is 7.14. The zero-order chi connectivity index (χ0) is 14.9. The lowest BCUT2D eigenvalue weighted by Gasteiger charge is -2.21. The van der Waals surface area contributed by atoms with E-state index in [1.54, 1.807) is 42.5 Å². The Bertz CT molecular complexity index is 707. The van der Waals surface area contributed by atoms with Crippen LogP contribution < -0.4 is 4.31 Å². The summed E-state index contributed by atoms with van der Waals surface area (Å²) in [4.78, 5) is 0.196. The number of rotatable bonds is 3. The lowest BCUT2D eigenvalue weighted by atomic mass is 10.2. The predicted molar refractivity (Wildman–Crippen MR) is 83.2 cm³/mol. The van der Waals surface area contributed by atoms with E-state index in [4.69, 9.17) is 23.2 Å². The molecule has 0 aliphatic heterocycles. The average molecular weight is 330 g/mol. The zero-order valence-electron chi connectivity index (χ0n) is 11.0. The molecule has 0 aliphatic rings. The molecule has 3 nitrogen and oxygen atoms in total. The van der Waals surface area contributed by atoms with Crippen LogP contribution in [0.25, 0.3) is 0 Å². The Balaban J connectivity index is 2.52. The summed E-state index contributed by atoms with van der Waals surface area (Å²) in [5, 5.41) is 0.575. The van der Waals surface area contributed by atoms with Crippen LogP contribution in [0.2, 0.25) is 10.0 Å². The third-order valence-corrected chi connectivity index (χ3v) is 5.31. The lowest BCUT2D eigenvalue weighted by Crippen LogP contribution is -2.27. The molecule has 106 valence electrons. The van der Waals surface area contributed by atoms with E-state index in [1.165, 1.54) is 7.05 Å². The monoisotopic (exact) mass is 329 g/mol. The van der Waals surface area contributed by atoms with Gasteiger partial charge in [-0.3, -0.25) is 4.31 Å². The number of benzene rings is 2. The Labute approximate surface area is 128 Å². The van der Waals surface area contributed by atoms with E-state index in [1.807, 2.05) is 6.92 Å². The van der Waals surface area contributed by atoms with Gasteiger partial charge in [0, 0.05) is 7.05 Å². The number of hydrogen-bond donors (Lipinski definition) is 0. The molecule has 2 rings (SSSR count). The molecule has 0 aromatic heterocycles. The zero-order valence-corrected chi connectivity index (χ0v) is 13.3. The molecule has 0 radical (unpaired) electrons. The van der Waals surface area contributed by atoms with E-state index in [0.29, 0.717) is 0 Å². The highest BCUT2D eigenvalue weighted by Gasteiger charge is 2.24. The van der Waals surface area contributed by atoms with Gasteiger partial charge in [0.15, 0.2) is 0 Å². The van der Waals surface area contributed by atoms with Gasteiger partial charge < -0.3 is 0 Å². The van der Waals surface area contributed by atoms with Crippen LogP contribution in [0.15, 0.2) is 47.4 Å². The van der Waals surface area contributed by atoms with Crippen molar-refractivity contribution >= 4 is 38.9 Å². The first-order valence-corrected chi connectivity index (χ1v) is 8.03. The highest BCUT2D eigenvalue weighted by Crippen LogP contribution is 2.35. The van der Waals surface area contributed by atoms with Crippen LogP contribution in [0.1, 0.15) is 5.56 Å². The minimum absolute atomic E-state index is 0.196. The second-order valence-electron chi connectivity index (χ2n) is 4.36. The molecule has 0 spiro atoms. The van der Waals surface area contributed by atoms with Crippen molar-refractivity contribution in [3.8, 4) is 0 Å². The summed E-state index contributed by atoms with van der Waals surface area (Å²) in [6.45, 7) is 1.89. The summed E-state index contributed by atoms with van der Waals surface area (Å²) >= 11 is 12.1. The molecule has 0 heterocycles.